The van der Waals surface area contributed by atoms with Gasteiger partial charge in [0.1, 0.15) is 0 Å². The number of aliphatic carboxylic acids is 1. The molecule has 0 radical (unpaired) electrons. The molecule has 7 nitrogen and oxygen atoms in total. The van der Waals surface area contributed by atoms with Gasteiger partial charge >= 0.3 is 5.97 Å². The zero-order valence-electron chi connectivity index (χ0n) is 25.6. The third kappa shape index (κ3) is 11.1. The molecular formula is C35H54NO6-. The first kappa shape index (κ1) is 34.1. The van der Waals surface area contributed by atoms with Crippen LogP contribution >= 0.6 is 0 Å². The number of carbonyl (C=O) groups is 1. The Hall–Kier alpha value is -2.35. The number of aliphatic hydroxyl groups excluding tert-OH is 2. The molecule has 1 aliphatic carbocycles. The largest absolute Gasteiger partial charge is 0.872 e. The zero-order chi connectivity index (χ0) is 30.4. The highest BCUT2D eigenvalue weighted by molar-refractivity contribution is 5.70. The maximum atomic E-state index is 12.0. The summed E-state index contributed by atoms with van der Waals surface area (Å²) in [4.78, 5) is 15.3. The third-order valence-electron chi connectivity index (χ3n) is 9.38. The van der Waals surface area contributed by atoms with Crippen LogP contribution in [0.4, 0.5) is 0 Å². The minimum atomic E-state index is -0.987. The first-order valence-electron chi connectivity index (χ1n) is 16.5. The van der Waals surface area contributed by atoms with Crippen LogP contribution < -0.4 is 5.11 Å². The zero-order valence-corrected chi connectivity index (χ0v) is 25.6. The monoisotopic (exact) mass is 584 g/mol. The second-order valence-electron chi connectivity index (χ2n) is 12.7. The van der Waals surface area contributed by atoms with E-state index in [9.17, 15) is 30.3 Å². The molecule has 5 atom stereocenters. The van der Waals surface area contributed by atoms with Crippen LogP contribution in [0.5, 0.6) is 5.75 Å². The Bertz CT molecular complexity index is 1050. The summed E-state index contributed by atoms with van der Waals surface area (Å²) in [6, 6.07) is 10.7. The highest BCUT2D eigenvalue weighted by Crippen LogP contribution is 2.42. The Morgan fingerprint density at radius 3 is 2.33 bits per heavy atom. The van der Waals surface area contributed by atoms with E-state index in [-0.39, 0.29) is 24.2 Å². The lowest BCUT2D eigenvalue weighted by atomic mass is 9.81. The fourth-order valence-electron chi connectivity index (χ4n) is 6.71. The first-order chi connectivity index (χ1) is 20.2. The minimum Gasteiger partial charge on any atom is -0.872 e. The van der Waals surface area contributed by atoms with Crippen molar-refractivity contribution in [1.82, 2.24) is 4.98 Å². The lowest BCUT2D eigenvalue weighted by Crippen LogP contribution is -2.37. The summed E-state index contributed by atoms with van der Waals surface area (Å²) in [5.41, 5.74) is 1.78. The van der Waals surface area contributed by atoms with Gasteiger partial charge in [-0.05, 0) is 75.0 Å². The van der Waals surface area contributed by atoms with E-state index < -0.39 is 23.6 Å². The van der Waals surface area contributed by atoms with Crippen molar-refractivity contribution < 1.29 is 30.3 Å². The Morgan fingerprint density at radius 2 is 1.67 bits per heavy atom. The van der Waals surface area contributed by atoms with Crippen LogP contribution in [0.1, 0.15) is 122 Å². The number of benzene rings is 1. The summed E-state index contributed by atoms with van der Waals surface area (Å²) in [6.45, 7) is 2.20. The van der Waals surface area contributed by atoms with Crippen molar-refractivity contribution in [3.63, 3.8) is 0 Å². The Labute approximate surface area is 252 Å². The molecule has 1 aromatic carbocycles. The van der Waals surface area contributed by atoms with Crippen LogP contribution in [-0.2, 0) is 11.2 Å². The van der Waals surface area contributed by atoms with Gasteiger partial charge in [0.2, 0.25) is 0 Å². The summed E-state index contributed by atoms with van der Waals surface area (Å²) >= 11 is 0. The number of carboxylic acids is 1. The van der Waals surface area contributed by atoms with Crippen LogP contribution in [0.2, 0.25) is 0 Å². The van der Waals surface area contributed by atoms with Gasteiger partial charge in [0, 0.05) is 11.4 Å². The van der Waals surface area contributed by atoms with Crippen molar-refractivity contribution in [2.75, 3.05) is 0 Å². The molecule has 3 rings (SSSR count). The van der Waals surface area contributed by atoms with E-state index in [0.717, 1.165) is 74.7 Å². The normalized spacial score (nSPS) is 20.9. The number of unbranched alkanes of at least 4 members (excludes halogenated alkanes) is 7. The highest BCUT2D eigenvalue weighted by atomic mass is 16.4. The fraction of sp³-hybridized carbons (Fsp3) is 0.686. The summed E-state index contributed by atoms with van der Waals surface area (Å²) in [7, 11) is 0. The number of H-pyrrole nitrogens is 1. The topological polar surface area (TPSA) is 137 Å². The van der Waals surface area contributed by atoms with Gasteiger partial charge in [-0.15, -0.1) is 5.75 Å². The molecular weight excluding hydrogens is 530 g/mol. The number of nitrogens with one attached hydrogen (secondary N) is 1. The first-order valence-corrected chi connectivity index (χ1v) is 16.5. The van der Waals surface area contributed by atoms with Crippen LogP contribution in [0, 0.1) is 11.8 Å². The number of carboxylic acid groups (broad SMARTS) is 1. The smallest absolute Gasteiger partial charge is 0.309 e. The Morgan fingerprint density at radius 1 is 0.976 bits per heavy atom. The van der Waals surface area contributed by atoms with Crippen molar-refractivity contribution >= 4 is 5.97 Å². The van der Waals surface area contributed by atoms with Gasteiger partial charge in [-0.2, -0.15) is 0 Å². The molecule has 236 valence electrons. The van der Waals surface area contributed by atoms with Crippen molar-refractivity contribution in [3.05, 3.63) is 42.1 Å². The second kappa shape index (κ2) is 17.7. The predicted molar refractivity (Wildman–Crippen MR) is 165 cm³/mol. The number of aliphatic hydroxyl groups is 3. The van der Waals surface area contributed by atoms with Gasteiger partial charge in [-0.3, -0.25) is 4.79 Å². The van der Waals surface area contributed by atoms with Gasteiger partial charge in [-0.1, -0.05) is 95.4 Å². The van der Waals surface area contributed by atoms with E-state index in [4.69, 9.17) is 0 Å². The molecule has 2 aromatic rings. The fourth-order valence-corrected chi connectivity index (χ4v) is 6.71. The molecule has 1 fully saturated rings. The summed E-state index contributed by atoms with van der Waals surface area (Å²) in [5.74, 6) is -1.82. The highest BCUT2D eigenvalue weighted by Gasteiger charge is 2.41. The average molecular weight is 585 g/mol. The van der Waals surface area contributed by atoms with E-state index in [1.165, 1.54) is 31.7 Å². The van der Waals surface area contributed by atoms with Gasteiger partial charge in [0.25, 0.3) is 0 Å². The molecule has 1 aliphatic rings. The molecule has 5 N–H and O–H groups in total. The average Bonchev–Trinajstić information content (AvgIpc) is 3.58. The van der Waals surface area contributed by atoms with Gasteiger partial charge in [0.15, 0.2) is 0 Å². The Balaban J connectivity index is 1.38. The van der Waals surface area contributed by atoms with Gasteiger partial charge in [-0.25, -0.2) is 0 Å². The molecule has 1 aromatic heterocycles. The molecule has 0 aliphatic heterocycles. The van der Waals surface area contributed by atoms with E-state index in [2.05, 4.69) is 11.9 Å². The van der Waals surface area contributed by atoms with Crippen LogP contribution in [-0.4, -0.2) is 49.2 Å². The molecule has 42 heavy (non-hydrogen) atoms. The van der Waals surface area contributed by atoms with Crippen molar-refractivity contribution in [1.29, 1.82) is 0 Å². The van der Waals surface area contributed by atoms with Crippen LogP contribution in [0.3, 0.4) is 0 Å². The lowest BCUT2D eigenvalue weighted by Gasteiger charge is -2.32. The van der Waals surface area contributed by atoms with E-state index in [1.807, 2.05) is 18.2 Å². The summed E-state index contributed by atoms with van der Waals surface area (Å²) in [6.07, 6.45) is 14.2. The standard InChI is InChI=1S/C35H55NO6/c1-2-3-4-5-8-15-29(37)16-9-6-7-10-18-31(34(40)41)33(39)21-23-35(42)22-12-14-27(35)25-28-19-20-32(36-28)26-13-11-17-30(38)24-26/h11,13,17,19-20,24,27,29,31,33,36-39,42H,2-10,12,14-16,18,21-23,25H2,1H3,(H,40,41)/p-1. The minimum absolute atomic E-state index is 0.0250. The number of aromatic nitrogens is 1. The van der Waals surface area contributed by atoms with Gasteiger partial charge in [0.05, 0.1) is 23.7 Å². The van der Waals surface area contributed by atoms with Crippen molar-refractivity contribution in [3.8, 4) is 17.0 Å². The van der Waals surface area contributed by atoms with Crippen LogP contribution in [0.25, 0.3) is 11.3 Å². The Kier molecular flexibility index (Phi) is 14.4. The number of hydrogen-bond acceptors (Lipinski definition) is 5. The SMILES string of the molecule is CCCCCCCC(O)CCCCCCC(C(=O)O)C(O)CCC1(O)CCCC1Cc1ccc(-c2cccc([O-])c2)[nH]1. The molecule has 0 spiro atoms. The maximum Gasteiger partial charge on any atom is 0.309 e. The molecule has 1 saturated carbocycles. The number of aromatic amines is 1. The van der Waals surface area contributed by atoms with Gasteiger partial charge < -0.3 is 30.5 Å². The van der Waals surface area contributed by atoms with E-state index in [1.54, 1.807) is 12.1 Å². The second-order valence-corrected chi connectivity index (χ2v) is 12.7. The summed E-state index contributed by atoms with van der Waals surface area (Å²) in [5, 5.41) is 54.0. The van der Waals surface area contributed by atoms with Crippen molar-refractivity contribution in [2.45, 2.75) is 140 Å². The number of hydrogen-bond donors (Lipinski definition) is 5. The van der Waals surface area contributed by atoms with Crippen molar-refractivity contribution in [2.24, 2.45) is 11.8 Å². The quantitative estimate of drug-likeness (QED) is 0.103. The van der Waals surface area contributed by atoms with E-state index >= 15 is 0 Å². The summed E-state index contributed by atoms with van der Waals surface area (Å²) < 4.78 is 0. The van der Waals surface area contributed by atoms with E-state index in [0.29, 0.717) is 25.7 Å². The maximum absolute atomic E-state index is 12.0. The number of rotatable bonds is 21. The molecule has 5 unspecified atom stereocenters. The van der Waals surface area contributed by atoms with Crippen LogP contribution in [0.15, 0.2) is 36.4 Å². The predicted octanol–water partition coefficient (Wildman–Crippen LogP) is 6.73. The molecule has 0 saturated heterocycles. The molecule has 0 bridgehead atoms. The third-order valence-corrected chi connectivity index (χ3v) is 9.38. The lowest BCUT2D eigenvalue weighted by molar-refractivity contribution is -0.268. The molecule has 1 heterocycles. The molecule has 0 amide bonds. The molecule has 7 heteroatoms.